The van der Waals surface area contributed by atoms with Crippen molar-refractivity contribution in [3.63, 3.8) is 0 Å². The van der Waals surface area contributed by atoms with Crippen LogP contribution in [0.5, 0.6) is 5.75 Å². The van der Waals surface area contributed by atoms with Gasteiger partial charge in [-0.1, -0.05) is 30.3 Å². The Hall–Kier alpha value is -1.46. The summed E-state index contributed by atoms with van der Waals surface area (Å²) < 4.78 is 29.9. The Labute approximate surface area is 122 Å². The summed E-state index contributed by atoms with van der Waals surface area (Å²) in [6.45, 7) is 0. The van der Waals surface area contributed by atoms with E-state index < -0.39 is 9.84 Å². The van der Waals surface area contributed by atoms with E-state index in [9.17, 15) is 8.42 Å². The topological polar surface area (TPSA) is 43.4 Å². The SMILES string of the molecule is COc1cccc2c1S(=O)(=O)CC2Sc1ccccc1. The van der Waals surface area contributed by atoms with E-state index in [1.165, 1.54) is 7.11 Å². The molecule has 1 atom stereocenters. The highest BCUT2D eigenvalue weighted by atomic mass is 32.2. The van der Waals surface area contributed by atoms with Gasteiger partial charge in [0.1, 0.15) is 10.6 Å². The second-order valence-corrected chi connectivity index (χ2v) is 7.83. The molecule has 1 unspecified atom stereocenters. The largest absolute Gasteiger partial charge is 0.495 e. The molecular formula is C15H14O3S2. The number of fused-ring (bicyclic) bond motifs is 1. The summed E-state index contributed by atoms with van der Waals surface area (Å²) in [4.78, 5) is 1.43. The molecule has 20 heavy (non-hydrogen) atoms. The highest BCUT2D eigenvalue weighted by Crippen LogP contribution is 2.47. The third kappa shape index (κ3) is 2.31. The summed E-state index contributed by atoms with van der Waals surface area (Å²) in [6.07, 6.45) is 0. The lowest BCUT2D eigenvalue weighted by molar-refractivity contribution is 0.402. The number of sulfone groups is 1. The number of ether oxygens (including phenoxy) is 1. The highest BCUT2D eigenvalue weighted by molar-refractivity contribution is 8.01. The van der Waals surface area contributed by atoms with Crippen LogP contribution in [0.3, 0.4) is 0 Å². The third-order valence-electron chi connectivity index (χ3n) is 3.28. The average Bonchev–Trinajstić information content (AvgIpc) is 2.71. The van der Waals surface area contributed by atoms with Gasteiger partial charge >= 0.3 is 0 Å². The van der Waals surface area contributed by atoms with E-state index in [-0.39, 0.29) is 11.0 Å². The van der Waals surface area contributed by atoms with Gasteiger partial charge < -0.3 is 4.74 Å². The monoisotopic (exact) mass is 306 g/mol. The lowest BCUT2D eigenvalue weighted by atomic mass is 10.1. The van der Waals surface area contributed by atoms with Crippen LogP contribution in [0.4, 0.5) is 0 Å². The van der Waals surface area contributed by atoms with Crippen LogP contribution in [0.25, 0.3) is 0 Å². The van der Waals surface area contributed by atoms with Crippen LogP contribution in [0.1, 0.15) is 10.8 Å². The molecule has 0 bridgehead atoms. The van der Waals surface area contributed by atoms with Gasteiger partial charge in [0.2, 0.25) is 0 Å². The maximum Gasteiger partial charge on any atom is 0.183 e. The molecule has 0 saturated heterocycles. The fourth-order valence-corrected chi connectivity index (χ4v) is 6.04. The molecule has 0 saturated carbocycles. The Balaban J connectivity index is 2.03. The van der Waals surface area contributed by atoms with Gasteiger partial charge in [0, 0.05) is 4.90 Å². The number of thioether (sulfide) groups is 1. The van der Waals surface area contributed by atoms with Gasteiger partial charge in [-0.2, -0.15) is 0 Å². The Morgan fingerprint density at radius 1 is 1.10 bits per heavy atom. The van der Waals surface area contributed by atoms with E-state index in [0.29, 0.717) is 10.6 Å². The summed E-state index contributed by atoms with van der Waals surface area (Å²) in [5.74, 6) is 0.570. The zero-order valence-electron chi connectivity index (χ0n) is 10.9. The minimum absolute atomic E-state index is 0.0764. The van der Waals surface area contributed by atoms with Gasteiger partial charge in [-0.3, -0.25) is 0 Å². The van der Waals surface area contributed by atoms with E-state index in [1.807, 2.05) is 42.5 Å². The van der Waals surface area contributed by atoms with Crippen molar-refractivity contribution >= 4 is 21.6 Å². The van der Waals surface area contributed by atoms with Crippen LogP contribution in [0.15, 0.2) is 58.3 Å². The molecule has 0 spiro atoms. The third-order valence-corrected chi connectivity index (χ3v) is 6.57. The van der Waals surface area contributed by atoms with Crippen LogP contribution in [0, 0.1) is 0 Å². The quantitative estimate of drug-likeness (QED) is 0.872. The first kappa shape index (κ1) is 13.5. The molecule has 2 aromatic carbocycles. The summed E-state index contributed by atoms with van der Waals surface area (Å²) in [6, 6.07) is 15.3. The van der Waals surface area contributed by atoms with E-state index in [1.54, 1.807) is 17.8 Å². The molecule has 0 radical (unpaired) electrons. The fraction of sp³-hybridized carbons (Fsp3) is 0.200. The van der Waals surface area contributed by atoms with Gasteiger partial charge in [0.25, 0.3) is 0 Å². The smallest absolute Gasteiger partial charge is 0.183 e. The van der Waals surface area contributed by atoms with Gasteiger partial charge in [-0.15, -0.1) is 11.8 Å². The van der Waals surface area contributed by atoms with Crippen molar-refractivity contribution in [1.82, 2.24) is 0 Å². The number of methoxy groups -OCH3 is 1. The van der Waals surface area contributed by atoms with Crippen LogP contribution < -0.4 is 4.74 Å². The van der Waals surface area contributed by atoms with Crippen molar-refractivity contribution in [2.75, 3.05) is 12.9 Å². The first-order valence-corrected chi connectivity index (χ1v) is 8.76. The fourth-order valence-electron chi connectivity index (χ4n) is 2.41. The predicted molar refractivity (Wildman–Crippen MR) is 80.1 cm³/mol. The molecule has 5 heteroatoms. The van der Waals surface area contributed by atoms with E-state index >= 15 is 0 Å². The molecular weight excluding hydrogens is 292 g/mol. The molecule has 0 N–H and O–H groups in total. The molecule has 104 valence electrons. The minimum Gasteiger partial charge on any atom is -0.495 e. The summed E-state index contributed by atoms with van der Waals surface area (Å²) >= 11 is 1.58. The second-order valence-electron chi connectivity index (χ2n) is 4.58. The number of hydrogen-bond donors (Lipinski definition) is 0. The van der Waals surface area contributed by atoms with Crippen molar-refractivity contribution in [2.45, 2.75) is 15.0 Å². The Kier molecular flexibility index (Phi) is 3.48. The summed E-state index contributed by atoms with van der Waals surface area (Å²) in [7, 11) is -1.76. The van der Waals surface area contributed by atoms with Crippen LogP contribution in [-0.4, -0.2) is 21.3 Å². The van der Waals surface area contributed by atoms with Gasteiger partial charge in [-0.05, 0) is 23.8 Å². The van der Waals surface area contributed by atoms with Crippen molar-refractivity contribution in [1.29, 1.82) is 0 Å². The molecule has 0 amide bonds. The first-order valence-electron chi connectivity index (χ1n) is 6.23. The molecule has 2 aromatic rings. The van der Waals surface area contributed by atoms with Crippen LogP contribution >= 0.6 is 11.8 Å². The van der Waals surface area contributed by atoms with Crippen molar-refractivity contribution in [2.24, 2.45) is 0 Å². The van der Waals surface area contributed by atoms with Crippen molar-refractivity contribution in [3.05, 3.63) is 54.1 Å². The minimum atomic E-state index is -3.26. The maximum atomic E-state index is 12.3. The van der Waals surface area contributed by atoms with E-state index in [0.717, 1.165) is 10.5 Å². The molecule has 3 nitrogen and oxygen atoms in total. The lowest BCUT2D eigenvalue weighted by Crippen LogP contribution is -2.02. The summed E-state index contributed by atoms with van der Waals surface area (Å²) in [5, 5.41) is -0.0764. The van der Waals surface area contributed by atoms with Gasteiger partial charge in [-0.25, -0.2) is 8.42 Å². The molecule has 1 aliphatic rings. The normalized spacial score (nSPS) is 19.6. The zero-order valence-corrected chi connectivity index (χ0v) is 12.6. The molecule has 3 rings (SSSR count). The van der Waals surface area contributed by atoms with Gasteiger partial charge in [0.05, 0.1) is 18.1 Å². The Bertz CT molecular complexity index is 724. The van der Waals surface area contributed by atoms with Crippen molar-refractivity contribution < 1.29 is 13.2 Å². The average molecular weight is 306 g/mol. The van der Waals surface area contributed by atoms with Gasteiger partial charge in [0.15, 0.2) is 9.84 Å². The molecule has 0 aliphatic carbocycles. The number of rotatable bonds is 3. The Morgan fingerprint density at radius 2 is 1.85 bits per heavy atom. The molecule has 0 aromatic heterocycles. The maximum absolute atomic E-state index is 12.3. The van der Waals surface area contributed by atoms with Crippen LogP contribution in [0.2, 0.25) is 0 Å². The Morgan fingerprint density at radius 3 is 2.55 bits per heavy atom. The molecule has 1 aliphatic heterocycles. The van der Waals surface area contributed by atoms with Crippen LogP contribution in [-0.2, 0) is 9.84 Å². The standard InChI is InChI=1S/C15H14O3S2/c1-18-13-9-5-8-12-14(10-20(16,17)15(12)13)19-11-6-3-2-4-7-11/h2-9,14H,10H2,1H3. The van der Waals surface area contributed by atoms with E-state index in [4.69, 9.17) is 4.74 Å². The molecule has 0 fully saturated rings. The highest BCUT2D eigenvalue weighted by Gasteiger charge is 2.37. The second kappa shape index (κ2) is 5.14. The lowest BCUT2D eigenvalue weighted by Gasteiger charge is -2.10. The first-order chi connectivity index (χ1) is 9.62. The molecule has 1 heterocycles. The van der Waals surface area contributed by atoms with Crippen molar-refractivity contribution in [3.8, 4) is 5.75 Å². The summed E-state index contributed by atoms with van der Waals surface area (Å²) in [5.41, 5.74) is 0.846. The number of benzene rings is 2. The predicted octanol–water partition coefficient (Wildman–Crippen LogP) is 3.32. The zero-order chi connectivity index (χ0) is 14.2. The number of hydrogen-bond acceptors (Lipinski definition) is 4. The van der Waals surface area contributed by atoms with E-state index in [2.05, 4.69) is 0 Å².